The van der Waals surface area contributed by atoms with E-state index in [4.69, 9.17) is 16.3 Å². The Kier molecular flexibility index (Phi) is 2.21. The van der Waals surface area contributed by atoms with Crippen LogP contribution in [0.25, 0.3) is 11.0 Å². The minimum Gasteiger partial charge on any atom is -0.481 e. The van der Waals surface area contributed by atoms with Gasteiger partial charge in [0.15, 0.2) is 5.65 Å². The fourth-order valence-electron chi connectivity index (χ4n) is 1.17. The summed E-state index contributed by atoms with van der Waals surface area (Å²) in [7, 11) is 1.56. The highest BCUT2D eigenvalue weighted by Gasteiger charge is 2.05. The summed E-state index contributed by atoms with van der Waals surface area (Å²) in [5.74, 6) is 1.12. The Morgan fingerprint density at radius 1 is 1.21 bits per heavy atom. The molecule has 0 fully saturated rings. The van der Waals surface area contributed by atoms with Crippen LogP contribution in [0.5, 0.6) is 5.88 Å². The van der Waals surface area contributed by atoms with E-state index in [-0.39, 0.29) is 0 Å². The fraction of sp³-hybridized carbons (Fsp3) is 0.222. The number of hydrogen-bond donors (Lipinski definition) is 0. The highest BCUT2D eigenvalue weighted by atomic mass is 35.5. The van der Waals surface area contributed by atoms with Gasteiger partial charge in [0.2, 0.25) is 5.88 Å². The van der Waals surface area contributed by atoms with Gasteiger partial charge in [-0.05, 0) is 13.0 Å². The Morgan fingerprint density at radius 3 is 2.71 bits per heavy atom. The molecule has 2 heterocycles. The number of ether oxygens (including phenoxy) is 1. The van der Waals surface area contributed by atoms with Crippen molar-refractivity contribution in [3.8, 4) is 5.88 Å². The molecule has 0 aromatic carbocycles. The molecule has 0 saturated carbocycles. The number of hydrogen-bond acceptors (Lipinski definition) is 4. The summed E-state index contributed by atoms with van der Waals surface area (Å²) in [5.41, 5.74) is 0.557. The number of methoxy groups -OCH3 is 1. The van der Waals surface area contributed by atoms with Crippen molar-refractivity contribution in [1.29, 1.82) is 0 Å². The zero-order valence-electron chi connectivity index (χ0n) is 7.78. The lowest BCUT2D eigenvalue weighted by atomic mass is 10.3. The van der Waals surface area contributed by atoms with Crippen LogP contribution in [0, 0.1) is 6.92 Å². The van der Waals surface area contributed by atoms with Crippen LogP contribution in [-0.4, -0.2) is 22.1 Å². The van der Waals surface area contributed by atoms with Crippen molar-refractivity contribution in [3.05, 3.63) is 23.1 Å². The molecule has 0 saturated heterocycles. The highest BCUT2D eigenvalue weighted by Crippen LogP contribution is 2.20. The van der Waals surface area contributed by atoms with Gasteiger partial charge in [-0.15, -0.1) is 0 Å². The first-order valence-electron chi connectivity index (χ1n) is 4.05. The Balaban J connectivity index is 2.75. The lowest BCUT2D eigenvalue weighted by Gasteiger charge is -2.02. The van der Waals surface area contributed by atoms with Gasteiger partial charge >= 0.3 is 0 Å². The molecule has 0 unspecified atom stereocenters. The summed E-state index contributed by atoms with van der Waals surface area (Å²) in [4.78, 5) is 12.3. The van der Waals surface area contributed by atoms with Crippen LogP contribution < -0.4 is 4.74 Å². The minimum atomic E-state index is 0.419. The maximum Gasteiger partial charge on any atom is 0.215 e. The van der Waals surface area contributed by atoms with Crippen LogP contribution in [0.15, 0.2) is 12.1 Å². The Hall–Kier alpha value is -1.42. The summed E-state index contributed by atoms with van der Waals surface area (Å²) in [5, 5.41) is 1.15. The third-order valence-corrected chi connectivity index (χ3v) is 2.10. The van der Waals surface area contributed by atoms with Crippen molar-refractivity contribution in [2.45, 2.75) is 6.92 Å². The molecule has 0 amide bonds. The van der Waals surface area contributed by atoms with Gasteiger partial charge in [-0.2, -0.15) is 4.98 Å². The largest absolute Gasteiger partial charge is 0.481 e. The number of halogens is 1. The predicted molar refractivity (Wildman–Crippen MR) is 53.6 cm³/mol. The molecule has 2 aromatic rings. The summed E-state index contributed by atoms with van der Waals surface area (Å²) in [6.07, 6.45) is 0. The van der Waals surface area contributed by atoms with E-state index in [0.29, 0.717) is 22.5 Å². The molecular weight excluding hydrogens is 202 g/mol. The number of pyridine rings is 1. The summed E-state index contributed by atoms with van der Waals surface area (Å²) in [6, 6.07) is 3.52. The van der Waals surface area contributed by atoms with Crippen LogP contribution >= 0.6 is 11.6 Å². The van der Waals surface area contributed by atoms with E-state index < -0.39 is 0 Å². The smallest absolute Gasteiger partial charge is 0.215 e. The molecule has 0 N–H and O–H groups in total. The molecule has 72 valence electrons. The molecule has 2 aromatic heterocycles. The molecule has 0 bridgehead atoms. The van der Waals surface area contributed by atoms with Gasteiger partial charge in [0.25, 0.3) is 0 Å². The van der Waals surface area contributed by atoms with Crippen molar-refractivity contribution in [3.63, 3.8) is 0 Å². The average molecular weight is 210 g/mol. The Morgan fingerprint density at radius 2 is 2.00 bits per heavy atom. The SMILES string of the molecule is COc1ccc2c(Cl)nc(C)nc2n1. The van der Waals surface area contributed by atoms with Crippen LogP contribution in [0.4, 0.5) is 0 Å². The molecule has 0 atom stereocenters. The molecule has 0 spiro atoms. The normalized spacial score (nSPS) is 10.5. The van der Waals surface area contributed by atoms with Gasteiger partial charge < -0.3 is 4.74 Å². The lowest BCUT2D eigenvalue weighted by molar-refractivity contribution is 0.399. The molecule has 5 heteroatoms. The Labute approximate surface area is 85.9 Å². The lowest BCUT2D eigenvalue weighted by Crippen LogP contribution is -1.94. The highest BCUT2D eigenvalue weighted by molar-refractivity contribution is 6.33. The maximum absolute atomic E-state index is 5.93. The summed E-state index contributed by atoms with van der Waals surface area (Å²) in [6.45, 7) is 1.77. The number of rotatable bonds is 1. The first-order chi connectivity index (χ1) is 6.70. The standard InChI is InChI=1S/C9H8ClN3O/c1-5-11-8(10)6-3-4-7(14-2)13-9(6)12-5/h3-4H,1-2H3. The zero-order chi connectivity index (χ0) is 10.1. The van der Waals surface area contributed by atoms with Crippen molar-refractivity contribution in [2.75, 3.05) is 7.11 Å². The molecule has 14 heavy (non-hydrogen) atoms. The average Bonchev–Trinajstić information content (AvgIpc) is 2.16. The van der Waals surface area contributed by atoms with Crippen molar-refractivity contribution < 1.29 is 4.74 Å². The summed E-state index contributed by atoms with van der Waals surface area (Å²) < 4.78 is 4.99. The van der Waals surface area contributed by atoms with Gasteiger partial charge in [0.1, 0.15) is 11.0 Å². The zero-order valence-corrected chi connectivity index (χ0v) is 8.54. The third-order valence-electron chi connectivity index (χ3n) is 1.81. The second kappa shape index (κ2) is 3.38. The Bertz CT molecular complexity index is 487. The number of nitrogens with zero attached hydrogens (tertiary/aromatic N) is 3. The van der Waals surface area contributed by atoms with Crippen LogP contribution in [-0.2, 0) is 0 Å². The first-order valence-corrected chi connectivity index (χ1v) is 4.43. The first kappa shape index (κ1) is 9.15. The predicted octanol–water partition coefficient (Wildman–Crippen LogP) is 2.00. The van der Waals surface area contributed by atoms with E-state index in [1.54, 1.807) is 26.2 Å². The van der Waals surface area contributed by atoms with E-state index in [0.717, 1.165) is 5.39 Å². The van der Waals surface area contributed by atoms with Gasteiger partial charge in [-0.1, -0.05) is 11.6 Å². The molecule has 4 nitrogen and oxygen atoms in total. The topological polar surface area (TPSA) is 47.9 Å². The molecule has 0 aliphatic rings. The maximum atomic E-state index is 5.93. The number of aryl methyl sites for hydroxylation is 1. The van der Waals surface area contributed by atoms with Crippen molar-refractivity contribution in [1.82, 2.24) is 15.0 Å². The van der Waals surface area contributed by atoms with E-state index in [9.17, 15) is 0 Å². The second-order valence-corrected chi connectivity index (χ2v) is 3.14. The number of aromatic nitrogens is 3. The molecule has 2 rings (SSSR count). The molecular formula is C9H8ClN3O. The van der Waals surface area contributed by atoms with Crippen LogP contribution in [0.2, 0.25) is 5.15 Å². The second-order valence-electron chi connectivity index (χ2n) is 2.79. The summed E-state index contributed by atoms with van der Waals surface area (Å²) >= 11 is 5.93. The van der Waals surface area contributed by atoms with E-state index >= 15 is 0 Å². The molecule has 0 radical (unpaired) electrons. The fourth-order valence-corrected chi connectivity index (χ4v) is 1.44. The van der Waals surface area contributed by atoms with Gasteiger partial charge in [0.05, 0.1) is 12.5 Å². The molecule has 0 aliphatic carbocycles. The van der Waals surface area contributed by atoms with Crippen molar-refractivity contribution >= 4 is 22.6 Å². The monoisotopic (exact) mass is 209 g/mol. The van der Waals surface area contributed by atoms with E-state index in [1.807, 2.05) is 0 Å². The van der Waals surface area contributed by atoms with Gasteiger partial charge in [-0.3, -0.25) is 0 Å². The van der Waals surface area contributed by atoms with Gasteiger partial charge in [-0.25, -0.2) is 9.97 Å². The van der Waals surface area contributed by atoms with Crippen LogP contribution in [0.3, 0.4) is 0 Å². The van der Waals surface area contributed by atoms with Crippen LogP contribution in [0.1, 0.15) is 5.82 Å². The third kappa shape index (κ3) is 1.48. The van der Waals surface area contributed by atoms with E-state index in [2.05, 4.69) is 15.0 Å². The quantitative estimate of drug-likeness (QED) is 0.674. The van der Waals surface area contributed by atoms with Gasteiger partial charge in [0, 0.05) is 6.07 Å². The number of fused-ring (bicyclic) bond motifs is 1. The van der Waals surface area contributed by atoms with Crippen molar-refractivity contribution in [2.24, 2.45) is 0 Å². The molecule has 0 aliphatic heterocycles. The minimum absolute atomic E-state index is 0.419. The van der Waals surface area contributed by atoms with E-state index in [1.165, 1.54) is 0 Å².